The van der Waals surface area contributed by atoms with Crippen LogP contribution in [-0.4, -0.2) is 9.55 Å². The summed E-state index contributed by atoms with van der Waals surface area (Å²) < 4.78 is 1.53. The minimum absolute atomic E-state index is 0.0500. The molecule has 62 valence electrons. The molecule has 1 rings (SSSR count). The standard InChI is InChI=1S/C6H4IN3O2/c7-4-3-10(2-1-8)6(12)9-5(4)11/h3H,2H2,(H,9,11,12). The number of hydrogen-bond acceptors (Lipinski definition) is 3. The van der Waals surface area contributed by atoms with Crippen LogP contribution in [0.1, 0.15) is 0 Å². The van der Waals surface area contributed by atoms with Gasteiger partial charge >= 0.3 is 5.69 Å². The van der Waals surface area contributed by atoms with Crippen molar-refractivity contribution < 1.29 is 0 Å². The Kier molecular flexibility index (Phi) is 2.65. The second-order valence-corrected chi connectivity index (χ2v) is 3.18. The van der Waals surface area contributed by atoms with E-state index in [1.54, 1.807) is 22.6 Å². The molecule has 1 aromatic rings. The molecule has 6 heteroatoms. The fraction of sp³-hybridized carbons (Fsp3) is 0.167. The third-order valence-electron chi connectivity index (χ3n) is 1.21. The van der Waals surface area contributed by atoms with Gasteiger partial charge < -0.3 is 0 Å². The topological polar surface area (TPSA) is 78.7 Å². The van der Waals surface area contributed by atoms with E-state index in [-0.39, 0.29) is 6.54 Å². The summed E-state index contributed by atoms with van der Waals surface area (Å²) in [5, 5.41) is 8.30. The molecule has 12 heavy (non-hydrogen) atoms. The molecular formula is C6H4IN3O2. The van der Waals surface area contributed by atoms with Crippen LogP contribution in [-0.2, 0) is 6.54 Å². The maximum Gasteiger partial charge on any atom is 0.329 e. The van der Waals surface area contributed by atoms with E-state index in [0.717, 1.165) is 4.57 Å². The molecule has 0 aliphatic heterocycles. The number of aromatic amines is 1. The van der Waals surface area contributed by atoms with Crippen molar-refractivity contribution in [3.63, 3.8) is 0 Å². The van der Waals surface area contributed by atoms with E-state index in [4.69, 9.17) is 5.26 Å². The van der Waals surface area contributed by atoms with Crippen molar-refractivity contribution in [2.75, 3.05) is 0 Å². The van der Waals surface area contributed by atoms with Crippen molar-refractivity contribution in [2.45, 2.75) is 6.54 Å². The summed E-state index contributed by atoms with van der Waals surface area (Å²) in [6.07, 6.45) is 1.35. The molecule has 0 spiro atoms. The van der Waals surface area contributed by atoms with E-state index in [0.29, 0.717) is 3.57 Å². The molecule has 0 saturated carbocycles. The predicted octanol–water partition coefficient (Wildman–Crippen LogP) is -0.335. The monoisotopic (exact) mass is 277 g/mol. The fourth-order valence-corrected chi connectivity index (χ4v) is 1.15. The van der Waals surface area contributed by atoms with Gasteiger partial charge in [-0.25, -0.2) is 4.79 Å². The molecule has 1 heterocycles. The summed E-state index contributed by atoms with van der Waals surface area (Å²) >= 11 is 1.79. The molecule has 0 atom stereocenters. The molecule has 0 fully saturated rings. The van der Waals surface area contributed by atoms with E-state index in [9.17, 15) is 9.59 Å². The molecule has 5 nitrogen and oxygen atoms in total. The molecule has 0 saturated heterocycles. The Hall–Kier alpha value is -1.10. The number of nitrogens with one attached hydrogen (secondary N) is 1. The van der Waals surface area contributed by atoms with Gasteiger partial charge in [-0.3, -0.25) is 14.3 Å². The van der Waals surface area contributed by atoms with Gasteiger partial charge in [0.2, 0.25) is 0 Å². The number of rotatable bonds is 1. The van der Waals surface area contributed by atoms with E-state index in [1.165, 1.54) is 6.20 Å². The van der Waals surface area contributed by atoms with Crippen LogP contribution in [0.2, 0.25) is 0 Å². The normalized spacial score (nSPS) is 9.33. The van der Waals surface area contributed by atoms with Gasteiger partial charge in [-0.2, -0.15) is 5.26 Å². The van der Waals surface area contributed by atoms with Crippen LogP contribution < -0.4 is 11.2 Å². The van der Waals surface area contributed by atoms with Crippen molar-refractivity contribution in [1.29, 1.82) is 5.26 Å². The van der Waals surface area contributed by atoms with Gasteiger partial charge in [0.15, 0.2) is 0 Å². The number of hydrogen-bond donors (Lipinski definition) is 1. The van der Waals surface area contributed by atoms with Crippen molar-refractivity contribution >= 4 is 22.6 Å². The lowest BCUT2D eigenvalue weighted by atomic mass is 10.6. The van der Waals surface area contributed by atoms with Gasteiger partial charge in [-0.05, 0) is 22.6 Å². The zero-order chi connectivity index (χ0) is 9.14. The van der Waals surface area contributed by atoms with Crippen LogP contribution in [0.5, 0.6) is 0 Å². The third kappa shape index (κ3) is 1.73. The summed E-state index contributed by atoms with van der Waals surface area (Å²) in [6, 6.07) is 1.81. The number of aromatic nitrogens is 2. The van der Waals surface area contributed by atoms with Crippen molar-refractivity contribution in [1.82, 2.24) is 9.55 Å². The van der Waals surface area contributed by atoms with Crippen LogP contribution in [0.4, 0.5) is 0 Å². The summed E-state index contributed by atoms with van der Waals surface area (Å²) in [5.41, 5.74) is -0.975. The summed E-state index contributed by atoms with van der Waals surface area (Å²) in [4.78, 5) is 23.9. The lowest BCUT2D eigenvalue weighted by Crippen LogP contribution is -2.30. The number of halogens is 1. The highest BCUT2D eigenvalue weighted by molar-refractivity contribution is 14.1. The molecule has 0 radical (unpaired) electrons. The predicted molar refractivity (Wildman–Crippen MR) is 49.7 cm³/mol. The Morgan fingerprint density at radius 2 is 2.33 bits per heavy atom. The van der Waals surface area contributed by atoms with Crippen LogP contribution in [0.3, 0.4) is 0 Å². The zero-order valence-corrected chi connectivity index (χ0v) is 8.03. The minimum atomic E-state index is -0.554. The molecular weight excluding hydrogens is 273 g/mol. The quantitative estimate of drug-likeness (QED) is 0.713. The average Bonchev–Trinajstić information content (AvgIpc) is 2.01. The van der Waals surface area contributed by atoms with E-state index in [2.05, 4.69) is 4.98 Å². The maximum absolute atomic E-state index is 10.9. The smallest absolute Gasteiger partial charge is 0.286 e. The van der Waals surface area contributed by atoms with E-state index >= 15 is 0 Å². The van der Waals surface area contributed by atoms with Crippen LogP contribution in [0.15, 0.2) is 15.8 Å². The first kappa shape index (κ1) is 8.99. The highest BCUT2D eigenvalue weighted by Crippen LogP contribution is 1.91. The molecule has 1 aromatic heterocycles. The summed E-state index contributed by atoms with van der Waals surface area (Å²) in [7, 11) is 0. The highest BCUT2D eigenvalue weighted by Gasteiger charge is 1.99. The molecule has 0 bridgehead atoms. The first-order chi connectivity index (χ1) is 5.65. The zero-order valence-electron chi connectivity index (χ0n) is 5.87. The Balaban J connectivity index is 3.35. The van der Waals surface area contributed by atoms with Gasteiger partial charge in [0.1, 0.15) is 6.54 Å². The lowest BCUT2D eigenvalue weighted by molar-refractivity contribution is 0.738. The summed E-state index contributed by atoms with van der Waals surface area (Å²) in [6.45, 7) is -0.0500. The molecule has 0 aromatic carbocycles. The molecule has 0 aliphatic carbocycles. The van der Waals surface area contributed by atoms with Crippen LogP contribution in [0.25, 0.3) is 0 Å². The average molecular weight is 277 g/mol. The number of nitriles is 1. The molecule has 1 N–H and O–H groups in total. The SMILES string of the molecule is N#CCn1cc(I)c(=O)[nH]c1=O. The van der Waals surface area contributed by atoms with Crippen LogP contribution >= 0.6 is 22.6 Å². The van der Waals surface area contributed by atoms with E-state index < -0.39 is 11.2 Å². The number of H-pyrrole nitrogens is 1. The minimum Gasteiger partial charge on any atom is -0.286 e. The summed E-state index contributed by atoms with van der Waals surface area (Å²) in [5.74, 6) is 0. The van der Waals surface area contributed by atoms with Crippen molar-refractivity contribution in [2.24, 2.45) is 0 Å². The molecule has 0 unspecified atom stereocenters. The van der Waals surface area contributed by atoms with Crippen LogP contribution in [0, 0.1) is 14.9 Å². The van der Waals surface area contributed by atoms with Gasteiger partial charge in [-0.1, -0.05) is 0 Å². The van der Waals surface area contributed by atoms with Crippen molar-refractivity contribution in [3.8, 4) is 6.07 Å². The molecule has 0 aliphatic rings. The van der Waals surface area contributed by atoms with Gasteiger partial charge in [0.05, 0.1) is 9.64 Å². The van der Waals surface area contributed by atoms with Gasteiger partial charge in [0.25, 0.3) is 5.56 Å². The van der Waals surface area contributed by atoms with Crippen molar-refractivity contribution in [3.05, 3.63) is 30.6 Å². The Labute approximate surface area is 80.8 Å². The van der Waals surface area contributed by atoms with Gasteiger partial charge in [0, 0.05) is 6.20 Å². The molecule has 0 amide bonds. The number of nitrogens with zero attached hydrogens (tertiary/aromatic N) is 2. The Morgan fingerprint density at radius 3 is 2.92 bits per heavy atom. The third-order valence-corrected chi connectivity index (χ3v) is 1.98. The first-order valence-electron chi connectivity index (χ1n) is 3.01. The second-order valence-electron chi connectivity index (χ2n) is 2.02. The largest absolute Gasteiger partial charge is 0.329 e. The van der Waals surface area contributed by atoms with E-state index in [1.807, 2.05) is 6.07 Å². The maximum atomic E-state index is 10.9. The first-order valence-corrected chi connectivity index (χ1v) is 4.09. The Morgan fingerprint density at radius 1 is 1.67 bits per heavy atom. The Bertz CT molecular complexity index is 439. The van der Waals surface area contributed by atoms with Gasteiger partial charge in [-0.15, -0.1) is 0 Å². The lowest BCUT2D eigenvalue weighted by Gasteiger charge is -1.97. The highest BCUT2D eigenvalue weighted by atomic mass is 127. The second kappa shape index (κ2) is 3.53. The fourth-order valence-electron chi connectivity index (χ4n) is 0.676.